The minimum atomic E-state index is -0.451. The molecule has 5 heteroatoms. The molecule has 0 spiro atoms. The van der Waals surface area contributed by atoms with Crippen molar-refractivity contribution in [1.29, 1.82) is 0 Å². The van der Waals surface area contributed by atoms with Gasteiger partial charge in [0.25, 0.3) is 5.88 Å². The quantitative estimate of drug-likeness (QED) is 0.542. The van der Waals surface area contributed by atoms with Crippen LogP contribution in [0.5, 0.6) is 11.6 Å². The zero-order valence-electron chi connectivity index (χ0n) is 12.4. The fourth-order valence-electron chi connectivity index (χ4n) is 2.47. The number of benzene rings is 2. The van der Waals surface area contributed by atoms with Crippen LogP contribution in [-0.4, -0.2) is 9.97 Å². The smallest absolute Gasteiger partial charge is 0.267 e. The second-order valence-electron chi connectivity index (χ2n) is 5.11. The molecule has 0 atom stereocenters. The Kier molecular flexibility index (Phi) is 3.19. The van der Waals surface area contributed by atoms with Crippen LogP contribution < -0.4 is 4.74 Å². The molecular formula is C18H13FN2O2. The van der Waals surface area contributed by atoms with Crippen LogP contribution in [0, 0.1) is 5.82 Å². The summed E-state index contributed by atoms with van der Waals surface area (Å²) in [5.41, 5.74) is 1.80. The number of nitrogens with zero attached hydrogens (tertiary/aromatic N) is 2. The Balaban J connectivity index is 1.96. The molecule has 0 aliphatic heterocycles. The fraction of sp³-hybridized carbons (Fsp3) is 0.111. The molecule has 4 aromatic rings. The van der Waals surface area contributed by atoms with E-state index in [-0.39, 0.29) is 11.6 Å². The van der Waals surface area contributed by atoms with Crippen molar-refractivity contribution in [3.63, 3.8) is 0 Å². The Bertz CT molecular complexity index is 1010. The van der Waals surface area contributed by atoms with Gasteiger partial charge in [-0.05, 0) is 24.3 Å². The largest absolute Gasteiger partial charge is 0.449 e. The molecule has 23 heavy (non-hydrogen) atoms. The first-order chi connectivity index (χ1) is 11.3. The molecule has 0 aliphatic carbocycles. The van der Waals surface area contributed by atoms with Gasteiger partial charge < -0.3 is 9.15 Å². The van der Waals surface area contributed by atoms with Gasteiger partial charge in [0, 0.05) is 11.8 Å². The maximum Gasteiger partial charge on any atom is 0.267 e. The molecule has 114 valence electrons. The Morgan fingerprint density at radius 2 is 1.83 bits per heavy atom. The topological polar surface area (TPSA) is 48.2 Å². The van der Waals surface area contributed by atoms with Crippen LogP contribution in [-0.2, 0) is 6.42 Å². The van der Waals surface area contributed by atoms with Crippen molar-refractivity contribution in [3.05, 3.63) is 60.2 Å². The van der Waals surface area contributed by atoms with Gasteiger partial charge in [0.2, 0.25) is 5.58 Å². The van der Waals surface area contributed by atoms with E-state index in [1.165, 1.54) is 6.07 Å². The van der Waals surface area contributed by atoms with E-state index in [1.54, 1.807) is 18.2 Å². The molecule has 2 aromatic heterocycles. The van der Waals surface area contributed by atoms with Crippen LogP contribution in [0.25, 0.3) is 22.1 Å². The number of aromatic nitrogens is 2. The molecule has 0 saturated heterocycles. The second kappa shape index (κ2) is 5.35. The summed E-state index contributed by atoms with van der Waals surface area (Å²) in [5.74, 6) is 0.506. The van der Waals surface area contributed by atoms with E-state index in [0.29, 0.717) is 28.9 Å². The predicted octanol–water partition coefficient (Wildman–Crippen LogP) is 4.87. The summed E-state index contributed by atoms with van der Waals surface area (Å²) >= 11 is 0. The zero-order chi connectivity index (χ0) is 15.8. The molecule has 0 N–H and O–H groups in total. The summed E-state index contributed by atoms with van der Waals surface area (Å²) in [6.07, 6.45) is 0.642. The SMILES string of the molecule is CCc1nc(Oc2ccccc2F)c2oc3ccccc3c2n1. The third-order valence-electron chi connectivity index (χ3n) is 3.59. The normalized spacial score (nSPS) is 11.2. The van der Waals surface area contributed by atoms with Gasteiger partial charge in [-0.3, -0.25) is 0 Å². The number of aryl methyl sites for hydroxylation is 1. The monoisotopic (exact) mass is 308 g/mol. The minimum absolute atomic E-state index is 0.106. The lowest BCUT2D eigenvalue weighted by molar-refractivity contribution is 0.422. The van der Waals surface area contributed by atoms with E-state index in [2.05, 4.69) is 9.97 Å². The van der Waals surface area contributed by atoms with Gasteiger partial charge in [-0.1, -0.05) is 31.2 Å². The van der Waals surface area contributed by atoms with Gasteiger partial charge in [0.05, 0.1) is 0 Å². The summed E-state index contributed by atoms with van der Waals surface area (Å²) in [6.45, 7) is 1.95. The average molecular weight is 308 g/mol. The Labute approximate surface area is 131 Å². The van der Waals surface area contributed by atoms with Crippen LogP contribution >= 0.6 is 0 Å². The van der Waals surface area contributed by atoms with E-state index in [4.69, 9.17) is 9.15 Å². The first-order valence-electron chi connectivity index (χ1n) is 7.37. The van der Waals surface area contributed by atoms with Gasteiger partial charge >= 0.3 is 0 Å². The average Bonchev–Trinajstić information content (AvgIpc) is 2.96. The summed E-state index contributed by atoms with van der Waals surface area (Å²) in [7, 11) is 0. The van der Waals surface area contributed by atoms with E-state index in [9.17, 15) is 4.39 Å². The van der Waals surface area contributed by atoms with Crippen molar-refractivity contribution >= 4 is 22.1 Å². The van der Waals surface area contributed by atoms with Gasteiger partial charge in [0.1, 0.15) is 16.9 Å². The van der Waals surface area contributed by atoms with Gasteiger partial charge in [-0.15, -0.1) is 0 Å². The fourth-order valence-corrected chi connectivity index (χ4v) is 2.47. The first kappa shape index (κ1) is 13.7. The number of furan rings is 1. The molecule has 0 fully saturated rings. The highest BCUT2D eigenvalue weighted by Gasteiger charge is 2.17. The third-order valence-corrected chi connectivity index (χ3v) is 3.59. The molecule has 0 saturated carbocycles. The maximum atomic E-state index is 13.9. The van der Waals surface area contributed by atoms with Crippen molar-refractivity contribution < 1.29 is 13.5 Å². The predicted molar refractivity (Wildman–Crippen MR) is 85.2 cm³/mol. The van der Waals surface area contributed by atoms with Crippen molar-refractivity contribution in [2.75, 3.05) is 0 Å². The Hall–Kier alpha value is -2.95. The third kappa shape index (κ3) is 2.30. The van der Waals surface area contributed by atoms with Gasteiger partial charge in [-0.25, -0.2) is 9.37 Å². The molecule has 4 rings (SSSR count). The lowest BCUT2D eigenvalue weighted by atomic mass is 10.2. The maximum absolute atomic E-state index is 13.9. The number of para-hydroxylation sites is 2. The van der Waals surface area contributed by atoms with Gasteiger partial charge in [-0.2, -0.15) is 4.98 Å². The molecule has 0 aliphatic rings. The highest BCUT2D eigenvalue weighted by Crippen LogP contribution is 2.35. The first-order valence-corrected chi connectivity index (χ1v) is 7.37. The minimum Gasteiger partial charge on any atom is -0.449 e. The highest BCUT2D eigenvalue weighted by molar-refractivity contribution is 6.03. The number of ether oxygens (including phenoxy) is 1. The number of halogens is 1. The summed E-state index contributed by atoms with van der Waals surface area (Å²) in [6, 6.07) is 13.8. The van der Waals surface area contributed by atoms with Crippen molar-refractivity contribution in [3.8, 4) is 11.6 Å². The Morgan fingerprint density at radius 1 is 1.04 bits per heavy atom. The molecule has 4 nitrogen and oxygen atoms in total. The highest BCUT2D eigenvalue weighted by atomic mass is 19.1. The van der Waals surface area contributed by atoms with Crippen LogP contribution in [0.4, 0.5) is 4.39 Å². The van der Waals surface area contributed by atoms with Crippen LogP contribution in [0.1, 0.15) is 12.7 Å². The number of fused-ring (bicyclic) bond motifs is 3. The standard InChI is InChI=1S/C18H13FN2O2/c1-2-15-20-16-11-7-3-5-9-13(11)22-17(16)18(21-15)23-14-10-6-4-8-12(14)19/h3-10H,2H2,1H3. The summed E-state index contributed by atoms with van der Waals surface area (Å²) in [5, 5.41) is 0.887. The molecule has 0 unspecified atom stereocenters. The Morgan fingerprint density at radius 3 is 2.65 bits per heavy atom. The van der Waals surface area contributed by atoms with Crippen LogP contribution in [0.3, 0.4) is 0 Å². The summed E-state index contributed by atoms with van der Waals surface area (Å²) in [4.78, 5) is 8.89. The molecule has 2 aromatic carbocycles. The summed E-state index contributed by atoms with van der Waals surface area (Å²) < 4.78 is 25.4. The molecule has 0 bridgehead atoms. The van der Waals surface area contributed by atoms with E-state index >= 15 is 0 Å². The van der Waals surface area contributed by atoms with E-state index in [1.807, 2.05) is 31.2 Å². The zero-order valence-corrected chi connectivity index (χ0v) is 12.4. The number of hydrogen-bond acceptors (Lipinski definition) is 4. The van der Waals surface area contributed by atoms with Crippen LogP contribution in [0.15, 0.2) is 52.9 Å². The molecule has 0 radical (unpaired) electrons. The van der Waals surface area contributed by atoms with Crippen molar-refractivity contribution in [2.45, 2.75) is 13.3 Å². The number of hydrogen-bond donors (Lipinski definition) is 0. The lowest BCUT2D eigenvalue weighted by Crippen LogP contribution is -1.97. The van der Waals surface area contributed by atoms with Crippen LogP contribution in [0.2, 0.25) is 0 Å². The van der Waals surface area contributed by atoms with Gasteiger partial charge in [0.15, 0.2) is 11.6 Å². The number of rotatable bonds is 3. The molecular weight excluding hydrogens is 295 g/mol. The van der Waals surface area contributed by atoms with E-state index < -0.39 is 5.82 Å². The van der Waals surface area contributed by atoms with Crippen molar-refractivity contribution in [2.24, 2.45) is 0 Å². The second-order valence-corrected chi connectivity index (χ2v) is 5.11. The van der Waals surface area contributed by atoms with E-state index in [0.717, 1.165) is 5.39 Å². The molecule has 0 amide bonds. The molecule has 2 heterocycles. The lowest BCUT2D eigenvalue weighted by Gasteiger charge is -2.07. The van der Waals surface area contributed by atoms with Crippen molar-refractivity contribution in [1.82, 2.24) is 9.97 Å².